The monoisotopic (exact) mass is 395 g/mol. The molecular formula is C20H18BrN3O. The predicted octanol–water partition coefficient (Wildman–Crippen LogP) is 5.46. The van der Waals surface area contributed by atoms with Crippen LogP contribution in [0.3, 0.4) is 0 Å². The number of benzene rings is 2. The molecule has 0 aliphatic carbocycles. The lowest BCUT2D eigenvalue weighted by atomic mass is 10.1. The molecule has 1 heterocycles. The molecule has 0 atom stereocenters. The van der Waals surface area contributed by atoms with E-state index < -0.39 is 0 Å². The van der Waals surface area contributed by atoms with E-state index in [1.807, 2.05) is 30.3 Å². The molecule has 3 aromatic rings. The van der Waals surface area contributed by atoms with Gasteiger partial charge in [-0.1, -0.05) is 22.0 Å². The zero-order chi connectivity index (χ0) is 17.8. The first-order valence-electron chi connectivity index (χ1n) is 7.88. The van der Waals surface area contributed by atoms with Gasteiger partial charge in [-0.05, 0) is 73.5 Å². The molecule has 4 nitrogen and oxygen atoms in total. The number of anilines is 3. The van der Waals surface area contributed by atoms with Gasteiger partial charge in [0, 0.05) is 15.7 Å². The quantitative estimate of drug-likeness (QED) is 0.616. The van der Waals surface area contributed by atoms with Crippen LogP contribution in [0.1, 0.15) is 21.5 Å². The summed E-state index contributed by atoms with van der Waals surface area (Å²) in [5, 5.41) is 6.10. The number of pyridine rings is 1. The maximum absolute atomic E-state index is 12.2. The number of carbonyl (C=O) groups is 1. The second kappa shape index (κ2) is 7.49. The number of halogens is 1. The van der Waals surface area contributed by atoms with Gasteiger partial charge in [0.15, 0.2) is 0 Å². The van der Waals surface area contributed by atoms with E-state index in [1.165, 1.54) is 11.1 Å². The second-order valence-corrected chi connectivity index (χ2v) is 6.73. The molecule has 0 aliphatic heterocycles. The minimum Gasteiger partial charge on any atom is -0.340 e. The second-order valence-electron chi connectivity index (χ2n) is 5.82. The Morgan fingerprint density at radius 1 is 0.920 bits per heavy atom. The largest absolute Gasteiger partial charge is 0.340 e. The maximum atomic E-state index is 12.2. The average molecular weight is 396 g/mol. The Balaban J connectivity index is 1.66. The van der Waals surface area contributed by atoms with Gasteiger partial charge in [0.1, 0.15) is 5.82 Å². The van der Waals surface area contributed by atoms with Crippen LogP contribution in [0.4, 0.5) is 17.2 Å². The summed E-state index contributed by atoms with van der Waals surface area (Å²) < 4.78 is 0.937. The highest BCUT2D eigenvalue weighted by atomic mass is 79.9. The number of nitrogens with one attached hydrogen (secondary N) is 2. The maximum Gasteiger partial charge on any atom is 0.255 e. The SMILES string of the molecule is Cc1ccc(Nc2ccc(NC(=O)c3ccc(Br)cc3)cn2)cc1C. The van der Waals surface area contributed by atoms with Crippen LogP contribution in [0.25, 0.3) is 0 Å². The Kier molecular flexibility index (Phi) is 5.14. The smallest absolute Gasteiger partial charge is 0.255 e. The van der Waals surface area contributed by atoms with Crippen LogP contribution in [-0.2, 0) is 0 Å². The fraction of sp³-hybridized carbons (Fsp3) is 0.100. The van der Waals surface area contributed by atoms with E-state index in [-0.39, 0.29) is 5.91 Å². The van der Waals surface area contributed by atoms with Gasteiger partial charge in [0.2, 0.25) is 0 Å². The minimum absolute atomic E-state index is 0.163. The van der Waals surface area contributed by atoms with Crippen LogP contribution >= 0.6 is 15.9 Å². The van der Waals surface area contributed by atoms with Gasteiger partial charge in [-0.25, -0.2) is 4.98 Å². The van der Waals surface area contributed by atoms with Crippen LogP contribution < -0.4 is 10.6 Å². The molecular weight excluding hydrogens is 378 g/mol. The van der Waals surface area contributed by atoms with Gasteiger partial charge < -0.3 is 10.6 Å². The first-order valence-corrected chi connectivity index (χ1v) is 8.68. The highest BCUT2D eigenvalue weighted by Crippen LogP contribution is 2.19. The molecule has 126 valence electrons. The van der Waals surface area contributed by atoms with Crippen molar-refractivity contribution in [2.75, 3.05) is 10.6 Å². The molecule has 0 bridgehead atoms. The molecule has 2 aromatic carbocycles. The highest BCUT2D eigenvalue weighted by Gasteiger charge is 2.06. The molecule has 1 amide bonds. The molecule has 0 saturated carbocycles. The Hall–Kier alpha value is -2.66. The number of carbonyl (C=O) groups excluding carboxylic acids is 1. The third-order valence-electron chi connectivity index (χ3n) is 3.91. The van der Waals surface area contributed by atoms with E-state index in [0.717, 1.165) is 16.0 Å². The molecule has 5 heteroatoms. The van der Waals surface area contributed by atoms with Crippen molar-refractivity contribution in [3.63, 3.8) is 0 Å². The zero-order valence-corrected chi connectivity index (χ0v) is 15.6. The first-order chi connectivity index (χ1) is 12.0. The number of nitrogens with zero attached hydrogens (tertiary/aromatic N) is 1. The molecule has 0 unspecified atom stereocenters. The Labute approximate surface area is 155 Å². The lowest BCUT2D eigenvalue weighted by molar-refractivity contribution is 0.102. The van der Waals surface area contributed by atoms with Crippen molar-refractivity contribution in [1.29, 1.82) is 0 Å². The molecule has 25 heavy (non-hydrogen) atoms. The summed E-state index contributed by atoms with van der Waals surface area (Å²) in [4.78, 5) is 16.6. The fourth-order valence-electron chi connectivity index (χ4n) is 2.31. The lowest BCUT2D eigenvalue weighted by Gasteiger charge is -2.09. The van der Waals surface area contributed by atoms with Crippen molar-refractivity contribution in [2.45, 2.75) is 13.8 Å². The Bertz CT molecular complexity index is 890. The molecule has 0 saturated heterocycles. The third-order valence-corrected chi connectivity index (χ3v) is 4.44. The topological polar surface area (TPSA) is 54.0 Å². The van der Waals surface area contributed by atoms with E-state index in [2.05, 4.69) is 57.5 Å². The van der Waals surface area contributed by atoms with Crippen LogP contribution in [0.5, 0.6) is 0 Å². The standard InChI is InChI=1S/C20H18BrN3O/c1-13-3-8-17(11-14(13)2)23-19-10-9-18(12-22-19)24-20(25)15-4-6-16(21)7-5-15/h3-12H,1-2H3,(H,22,23)(H,24,25). The molecule has 2 N–H and O–H groups in total. The fourth-order valence-corrected chi connectivity index (χ4v) is 2.58. The van der Waals surface area contributed by atoms with E-state index in [4.69, 9.17) is 0 Å². The number of hydrogen-bond acceptors (Lipinski definition) is 3. The van der Waals surface area contributed by atoms with Gasteiger partial charge in [-0.2, -0.15) is 0 Å². The molecule has 0 radical (unpaired) electrons. The average Bonchev–Trinajstić information content (AvgIpc) is 2.60. The summed E-state index contributed by atoms with van der Waals surface area (Å²) in [5.41, 5.74) is 4.72. The number of amides is 1. The summed E-state index contributed by atoms with van der Waals surface area (Å²) in [7, 11) is 0. The number of rotatable bonds is 4. The van der Waals surface area contributed by atoms with E-state index >= 15 is 0 Å². The van der Waals surface area contributed by atoms with Gasteiger partial charge in [0.05, 0.1) is 11.9 Å². The summed E-state index contributed by atoms with van der Waals surface area (Å²) in [5.74, 6) is 0.564. The third kappa shape index (κ3) is 4.45. The number of aryl methyl sites for hydroxylation is 2. The molecule has 3 rings (SSSR count). The molecule has 1 aromatic heterocycles. The lowest BCUT2D eigenvalue weighted by Crippen LogP contribution is -2.11. The van der Waals surface area contributed by atoms with Crippen LogP contribution in [0.2, 0.25) is 0 Å². The normalized spacial score (nSPS) is 10.4. The summed E-state index contributed by atoms with van der Waals surface area (Å²) >= 11 is 3.36. The van der Waals surface area contributed by atoms with Crippen molar-refractivity contribution < 1.29 is 4.79 Å². The Morgan fingerprint density at radius 3 is 2.28 bits per heavy atom. The van der Waals surface area contributed by atoms with E-state index in [9.17, 15) is 4.79 Å². The Morgan fingerprint density at radius 2 is 1.64 bits per heavy atom. The van der Waals surface area contributed by atoms with Crippen LogP contribution in [-0.4, -0.2) is 10.9 Å². The van der Waals surface area contributed by atoms with Crippen molar-refractivity contribution in [3.05, 3.63) is 82.0 Å². The van der Waals surface area contributed by atoms with Gasteiger partial charge in [-0.3, -0.25) is 4.79 Å². The molecule has 0 fully saturated rings. The zero-order valence-electron chi connectivity index (χ0n) is 14.0. The molecule has 0 aliphatic rings. The van der Waals surface area contributed by atoms with E-state index in [1.54, 1.807) is 18.3 Å². The first kappa shape index (κ1) is 17.2. The van der Waals surface area contributed by atoms with Gasteiger partial charge in [-0.15, -0.1) is 0 Å². The number of aromatic nitrogens is 1. The van der Waals surface area contributed by atoms with Crippen molar-refractivity contribution >= 4 is 39.0 Å². The van der Waals surface area contributed by atoms with Crippen molar-refractivity contribution in [2.24, 2.45) is 0 Å². The summed E-state index contributed by atoms with van der Waals surface area (Å²) in [6, 6.07) is 17.1. The minimum atomic E-state index is -0.163. The van der Waals surface area contributed by atoms with Gasteiger partial charge in [0.25, 0.3) is 5.91 Å². The molecule has 0 spiro atoms. The van der Waals surface area contributed by atoms with Gasteiger partial charge >= 0.3 is 0 Å². The van der Waals surface area contributed by atoms with Crippen LogP contribution in [0.15, 0.2) is 65.3 Å². The van der Waals surface area contributed by atoms with Crippen molar-refractivity contribution in [3.8, 4) is 0 Å². The van der Waals surface area contributed by atoms with Crippen molar-refractivity contribution in [1.82, 2.24) is 4.98 Å². The van der Waals surface area contributed by atoms with E-state index in [0.29, 0.717) is 11.3 Å². The predicted molar refractivity (Wildman–Crippen MR) is 106 cm³/mol. The van der Waals surface area contributed by atoms with Crippen LogP contribution in [0, 0.1) is 13.8 Å². The summed E-state index contributed by atoms with van der Waals surface area (Å²) in [6.45, 7) is 4.16. The highest BCUT2D eigenvalue weighted by molar-refractivity contribution is 9.10. The number of hydrogen-bond donors (Lipinski definition) is 2. The summed E-state index contributed by atoms with van der Waals surface area (Å²) in [6.07, 6.45) is 1.64.